The number of halogens is 2. The third-order valence-electron chi connectivity index (χ3n) is 5.64. The van der Waals surface area contributed by atoms with Crippen LogP contribution in [0.15, 0.2) is 52.5 Å². The number of ether oxygens (including phenoxy) is 1. The predicted octanol–water partition coefficient (Wildman–Crippen LogP) is 5.12. The van der Waals surface area contributed by atoms with Gasteiger partial charge >= 0.3 is 0 Å². The highest BCUT2D eigenvalue weighted by molar-refractivity contribution is 6.51. The van der Waals surface area contributed by atoms with Gasteiger partial charge in [0.15, 0.2) is 0 Å². The highest BCUT2D eigenvalue weighted by Crippen LogP contribution is 2.44. The van der Waals surface area contributed by atoms with Gasteiger partial charge in [0.1, 0.15) is 40.7 Å². The molecule has 0 spiro atoms. The Morgan fingerprint density at radius 3 is 2.39 bits per heavy atom. The van der Waals surface area contributed by atoms with Gasteiger partial charge in [-0.3, -0.25) is 14.5 Å². The molecule has 1 fully saturated rings. The van der Waals surface area contributed by atoms with Crippen LogP contribution in [0.2, 0.25) is 0 Å². The molecule has 0 radical (unpaired) electrons. The lowest BCUT2D eigenvalue weighted by molar-refractivity contribution is -0.132. The Hall–Kier alpha value is -3.94. The fourth-order valence-electron chi connectivity index (χ4n) is 4.03. The van der Waals surface area contributed by atoms with E-state index in [-0.39, 0.29) is 11.3 Å². The first-order chi connectivity index (χ1) is 15.6. The van der Waals surface area contributed by atoms with Gasteiger partial charge in [0.05, 0.1) is 18.4 Å². The van der Waals surface area contributed by atoms with E-state index in [1.165, 1.54) is 13.2 Å². The fourth-order valence-corrected chi connectivity index (χ4v) is 4.03. The standard InChI is InChI=1S/C25H21F2NO5/c1-12-10-20(32-4)13(2)9-16(12)23(29)21-22(19-8-5-14(3)33-19)28(25(31)24(21)30)18-11-15(26)6-7-17(18)27/h5-11,22,29H,1-4H3/b23-21+. The third kappa shape index (κ3) is 3.67. The normalized spacial score (nSPS) is 17.6. The number of aliphatic hydroxyl groups excluding tert-OH is 1. The van der Waals surface area contributed by atoms with Crippen LogP contribution in [0.3, 0.4) is 0 Å². The van der Waals surface area contributed by atoms with Gasteiger partial charge in [-0.25, -0.2) is 8.78 Å². The topological polar surface area (TPSA) is 80.0 Å². The average molecular weight is 453 g/mol. The number of furan rings is 1. The summed E-state index contributed by atoms with van der Waals surface area (Å²) in [6.07, 6.45) is 0. The van der Waals surface area contributed by atoms with Crippen LogP contribution in [0.25, 0.3) is 5.76 Å². The summed E-state index contributed by atoms with van der Waals surface area (Å²) >= 11 is 0. The van der Waals surface area contributed by atoms with Crippen LogP contribution in [0.5, 0.6) is 5.75 Å². The second-order valence-electron chi connectivity index (χ2n) is 7.85. The first-order valence-electron chi connectivity index (χ1n) is 10.1. The summed E-state index contributed by atoms with van der Waals surface area (Å²) < 4.78 is 39.6. The highest BCUT2D eigenvalue weighted by Gasteiger charge is 2.49. The van der Waals surface area contributed by atoms with Crippen molar-refractivity contribution in [2.24, 2.45) is 0 Å². The fraction of sp³-hybridized carbons (Fsp3) is 0.200. The second-order valence-corrected chi connectivity index (χ2v) is 7.85. The molecule has 1 aromatic heterocycles. The number of anilines is 1. The number of ketones is 1. The molecule has 1 amide bonds. The first kappa shape index (κ1) is 22.3. The molecule has 1 aliphatic rings. The average Bonchev–Trinajstić information content (AvgIpc) is 3.31. The maximum Gasteiger partial charge on any atom is 0.300 e. The molecule has 2 aromatic carbocycles. The number of methoxy groups -OCH3 is 1. The Balaban J connectivity index is 1.99. The second kappa shape index (κ2) is 8.20. The summed E-state index contributed by atoms with van der Waals surface area (Å²) in [5, 5.41) is 11.2. The zero-order chi connectivity index (χ0) is 24.0. The van der Waals surface area contributed by atoms with Crippen molar-refractivity contribution in [2.45, 2.75) is 26.8 Å². The van der Waals surface area contributed by atoms with Crippen molar-refractivity contribution in [3.63, 3.8) is 0 Å². The maximum atomic E-state index is 14.7. The predicted molar refractivity (Wildman–Crippen MR) is 117 cm³/mol. The van der Waals surface area contributed by atoms with Crippen molar-refractivity contribution in [3.8, 4) is 5.75 Å². The number of carbonyl (C=O) groups is 2. The minimum Gasteiger partial charge on any atom is -0.507 e. The maximum absolute atomic E-state index is 14.7. The summed E-state index contributed by atoms with van der Waals surface area (Å²) in [6.45, 7) is 5.14. The molecule has 0 saturated carbocycles. The Kier molecular flexibility index (Phi) is 5.53. The van der Waals surface area contributed by atoms with E-state index in [9.17, 15) is 23.5 Å². The van der Waals surface area contributed by atoms with Gasteiger partial charge in [-0.2, -0.15) is 0 Å². The van der Waals surface area contributed by atoms with Gasteiger partial charge in [-0.05, 0) is 68.3 Å². The Labute approximate surface area is 188 Å². The first-order valence-corrected chi connectivity index (χ1v) is 10.1. The third-order valence-corrected chi connectivity index (χ3v) is 5.64. The summed E-state index contributed by atoms with van der Waals surface area (Å²) in [6, 6.07) is 7.76. The number of Topliss-reactive ketones (excluding diaryl/α,β-unsaturated/α-hetero) is 1. The zero-order valence-electron chi connectivity index (χ0n) is 18.4. The van der Waals surface area contributed by atoms with Gasteiger partial charge in [-0.1, -0.05) is 0 Å². The number of amides is 1. The summed E-state index contributed by atoms with van der Waals surface area (Å²) in [7, 11) is 1.51. The molecule has 4 rings (SSSR count). The van der Waals surface area contributed by atoms with E-state index < -0.39 is 40.8 Å². The van der Waals surface area contributed by atoms with Crippen LogP contribution in [-0.4, -0.2) is 23.9 Å². The van der Waals surface area contributed by atoms with E-state index in [1.807, 2.05) is 0 Å². The number of hydrogen-bond donors (Lipinski definition) is 1. The smallest absolute Gasteiger partial charge is 0.300 e. The number of aliphatic hydroxyl groups is 1. The van der Waals surface area contributed by atoms with Crippen LogP contribution in [0.4, 0.5) is 14.5 Å². The lowest BCUT2D eigenvalue weighted by Crippen LogP contribution is -2.30. The molecule has 1 N–H and O–H groups in total. The number of aryl methyl sites for hydroxylation is 3. The lowest BCUT2D eigenvalue weighted by atomic mass is 9.95. The van der Waals surface area contributed by atoms with Gasteiger partial charge in [0.2, 0.25) is 0 Å². The van der Waals surface area contributed by atoms with E-state index in [0.29, 0.717) is 28.2 Å². The van der Waals surface area contributed by atoms with Crippen molar-refractivity contribution in [1.82, 2.24) is 0 Å². The molecule has 1 aliphatic heterocycles. The largest absolute Gasteiger partial charge is 0.507 e. The van der Waals surface area contributed by atoms with Crippen molar-refractivity contribution < 1.29 is 32.6 Å². The molecule has 3 aromatic rings. The van der Waals surface area contributed by atoms with E-state index in [0.717, 1.165) is 23.1 Å². The lowest BCUT2D eigenvalue weighted by Gasteiger charge is -2.24. The Morgan fingerprint density at radius 2 is 1.76 bits per heavy atom. The molecule has 0 aliphatic carbocycles. The minimum absolute atomic E-state index is 0.125. The van der Waals surface area contributed by atoms with E-state index in [1.54, 1.807) is 39.0 Å². The molecule has 8 heteroatoms. The molecule has 0 bridgehead atoms. The summed E-state index contributed by atoms with van der Waals surface area (Å²) in [5.41, 5.74) is 0.871. The zero-order valence-corrected chi connectivity index (χ0v) is 18.4. The molecule has 2 heterocycles. The van der Waals surface area contributed by atoms with Crippen LogP contribution in [0, 0.1) is 32.4 Å². The number of carbonyl (C=O) groups excluding carboxylic acids is 2. The summed E-state index contributed by atoms with van der Waals surface area (Å²) in [5.74, 6) is -3.09. The monoisotopic (exact) mass is 453 g/mol. The van der Waals surface area contributed by atoms with Gasteiger partial charge in [0.25, 0.3) is 11.7 Å². The quantitative estimate of drug-likeness (QED) is 0.337. The van der Waals surface area contributed by atoms with Crippen molar-refractivity contribution in [2.75, 3.05) is 12.0 Å². The Bertz CT molecular complexity index is 1320. The number of rotatable bonds is 4. The molecule has 6 nitrogen and oxygen atoms in total. The Morgan fingerprint density at radius 1 is 1.03 bits per heavy atom. The molecule has 33 heavy (non-hydrogen) atoms. The van der Waals surface area contributed by atoms with Crippen LogP contribution < -0.4 is 9.64 Å². The van der Waals surface area contributed by atoms with E-state index in [2.05, 4.69) is 0 Å². The van der Waals surface area contributed by atoms with Crippen molar-refractivity contribution in [3.05, 3.63) is 87.9 Å². The number of hydrogen-bond acceptors (Lipinski definition) is 5. The SMILES string of the molecule is COc1cc(C)c(/C(O)=C2\C(=O)C(=O)N(c3cc(F)ccc3F)C2c2ccc(C)o2)cc1C. The van der Waals surface area contributed by atoms with E-state index in [4.69, 9.17) is 9.15 Å². The van der Waals surface area contributed by atoms with Crippen LogP contribution in [0.1, 0.15) is 34.3 Å². The van der Waals surface area contributed by atoms with Gasteiger partial charge < -0.3 is 14.3 Å². The van der Waals surface area contributed by atoms with Crippen LogP contribution >= 0.6 is 0 Å². The van der Waals surface area contributed by atoms with Crippen molar-refractivity contribution >= 4 is 23.1 Å². The molecule has 170 valence electrons. The molecule has 1 saturated heterocycles. The number of benzene rings is 2. The molecule has 1 atom stereocenters. The minimum atomic E-state index is -1.29. The van der Waals surface area contributed by atoms with Crippen molar-refractivity contribution in [1.29, 1.82) is 0 Å². The van der Waals surface area contributed by atoms with Gasteiger partial charge in [0, 0.05) is 11.6 Å². The number of nitrogens with zero attached hydrogens (tertiary/aromatic N) is 1. The van der Waals surface area contributed by atoms with E-state index >= 15 is 0 Å². The highest BCUT2D eigenvalue weighted by atomic mass is 19.1. The van der Waals surface area contributed by atoms with Crippen LogP contribution in [-0.2, 0) is 9.59 Å². The van der Waals surface area contributed by atoms with Gasteiger partial charge in [-0.15, -0.1) is 0 Å². The molecule has 1 unspecified atom stereocenters. The molecular formula is C25H21F2NO5. The molecular weight excluding hydrogens is 432 g/mol. The summed E-state index contributed by atoms with van der Waals surface area (Å²) in [4.78, 5) is 27.0.